The van der Waals surface area contributed by atoms with E-state index in [1.807, 2.05) is 31.2 Å². The first kappa shape index (κ1) is 10.7. The Labute approximate surface area is 104 Å². The van der Waals surface area contributed by atoms with Crippen LogP contribution in [0.2, 0.25) is 0 Å². The van der Waals surface area contributed by atoms with Crippen LogP contribution in [-0.2, 0) is 0 Å². The molecule has 0 saturated heterocycles. The molecular weight excluding hydrogens is 226 g/mol. The molecular formula is C14H11N3O. The molecule has 2 heterocycles. The third-order valence-electron chi connectivity index (χ3n) is 2.88. The lowest BCUT2D eigenvalue weighted by Crippen LogP contribution is -2.00. The second-order valence-corrected chi connectivity index (χ2v) is 4.16. The monoisotopic (exact) mass is 237 g/mol. The van der Waals surface area contributed by atoms with E-state index in [0.29, 0.717) is 11.1 Å². The van der Waals surface area contributed by atoms with E-state index in [9.17, 15) is 4.79 Å². The van der Waals surface area contributed by atoms with E-state index in [0.717, 1.165) is 11.1 Å². The fourth-order valence-corrected chi connectivity index (χ4v) is 1.87. The Morgan fingerprint density at radius 2 is 1.94 bits per heavy atom. The quantitative estimate of drug-likeness (QED) is 0.642. The fourth-order valence-electron chi connectivity index (χ4n) is 1.87. The van der Waals surface area contributed by atoms with Crippen molar-refractivity contribution in [1.82, 2.24) is 14.6 Å². The average molecular weight is 237 g/mol. The van der Waals surface area contributed by atoms with Crippen LogP contribution in [0.15, 0.2) is 49.1 Å². The van der Waals surface area contributed by atoms with Crippen molar-refractivity contribution in [3.05, 3.63) is 65.7 Å². The summed E-state index contributed by atoms with van der Waals surface area (Å²) in [6.07, 6.45) is 6.59. The molecule has 0 fully saturated rings. The van der Waals surface area contributed by atoms with Gasteiger partial charge in [0, 0.05) is 18.0 Å². The van der Waals surface area contributed by atoms with E-state index >= 15 is 0 Å². The smallest absolute Gasteiger partial charge is 0.196 e. The lowest BCUT2D eigenvalue weighted by atomic mass is 10.0. The standard InChI is InChI=1S/C14H11N3O/c1-10-2-4-11(5-3-10)14(18)12-8-16-17-7-6-15-9-13(12)17/h2-9H,1H3. The van der Waals surface area contributed by atoms with Crippen molar-refractivity contribution < 1.29 is 4.79 Å². The first-order valence-corrected chi connectivity index (χ1v) is 5.64. The van der Waals surface area contributed by atoms with Gasteiger partial charge < -0.3 is 0 Å². The summed E-state index contributed by atoms with van der Waals surface area (Å²) in [7, 11) is 0. The van der Waals surface area contributed by atoms with Gasteiger partial charge in [-0.2, -0.15) is 5.10 Å². The van der Waals surface area contributed by atoms with Crippen LogP contribution >= 0.6 is 0 Å². The van der Waals surface area contributed by atoms with Crippen LogP contribution in [0.5, 0.6) is 0 Å². The molecule has 88 valence electrons. The van der Waals surface area contributed by atoms with Crippen molar-refractivity contribution in [1.29, 1.82) is 0 Å². The van der Waals surface area contributed by atoms with E-state index < -0.39 is 0 Å². The van der Waals surface area contributed by atoms with E-state index in [-0.39, 0.29) is 5.78 Å². The van der Waals surface area contributed by atoms with Gasteiger partial charge in [0.25, 0.3) is 0 Å². The average Bonchev–Trinajstić information content (AvgIpc) is 2.82. The first-order valence-electron chi connectivity index (χ1n) is 5.64. The molecule has 0 atom stereocenters. The predicted molar refractivity (Wildman–Crippen MR) is 67.6 cm³/mol. The number of hydrogen-bond acceptors (Lipinski definition) is 3. The van der Waals surface area contributed by atoms with Crippen molar-refractivity contribution in [2.45, 2.75) is 6.92 Å². The lowest BCUT2D eigenvalue weighted by molar-refractivity contribution is 0.104. The number of hydrogen-bond donors (Lipinski definition) is 0. The molecule has 0 radical (unpaired) electrons. The number of rotatable bonds is 2. The second kappa shape index (κ2) is 4.07. The Bertz CT molecular complexity index is 713. The zero-order valence-electron chi connectivity index (χ0n) is 9.87. The molecule has 4 heteroatoms. The maximum Gasteiger partial charge on any atom is 0.196 e. The van der Waals surface area contributed by atoms with Gasteiger partial charge in [0.1, 0.15) is 0 Å². The number of carbonyl (C=O) groups is 1. The molecule has 0 spiro atoms. The van der Waals surface area contributed by atoms with Gasteiger partial charge in [0.15, 0.2) is 5.78 Å². The summed E-state index contributed by atoms with van der Waals surface area (Å²) in [6, 6.07) is 7.52. The van der Waals surface area contributed by atoms with E-state index in [1.54, 1.807) is 29.3 Å². The highest BCUT2D eigenvalue weighted by Crippen LogP contribution is 2.15. The summed E-state index contributed by atoms with van der Waals surface area (Å²) in [5.41, 5.74) is 3.10. The largest absolute Gasteiger partial charge is 0.288 e. The molecule has 0 N–H and O–H groups in total. The van der Waals surface area contributed by atoms with Crippen molar-refractivity contribution >= 4 is 11.3 Å². The molecule has 3 aromatic rings. The van der Waals surface area contributed by atoms with Crippen molar-refractivity contribution in [3.8, 4) is 0 Å². The van der Waals surface area contributed by atoms with Gasteiger partial charge >= 0.3 is 0 Å². The fraction of sp³-hybridized carbons (Fsp3) is 0.0714. The molecule has 0 aliphatic carbocycles. The topological polar surface area (TPSA) is 47.3 Å². The van der Waals surface area contributed by atoms with Crippen LogP contribution in [-0.4, -0.2) is 20.4 Å². The zero-order valence-corrected chi connectivity index (χ0v) is 9.87. The van der Waals surface area contributed by atoms with Gasteiger partial charge in [0.05, 0.1) is 23.5 Å². The number of carbonyl (C=O) groups excluding carboxylic acids is 1. The molecule has 1 aromatic carbocycles. The number of aryl methyl sites for hydroxylation is 1. The first-order chi connectivity index (χ1) is 8.75. The lowest BCUT2D eigenvalue weighted by Gasteiger charge is -2.00. The summed E-state index contributed by atoms with van der Waals surface area (Å²) in [4.78, 5) is 16.4. The summed E-state index contributed by atoms with van der Waals surface area (Å²) in [5.74, 6) is -0.0296. The zero-order chi connectivity index (χ0) is 12.5. The molecule has 3 rings (SSSR count). The third-order valence-corrected chi connectivity index (χ3v) is 2.88. The van der Waals surface area contributed by atoms with Crippen LogP contribution in [0.3, 0.4) is 0 Å². The number of aromatic nitrogens is 3. The van der Waals surface area contributed by atoms with Gasteiger partial charge in [-0.3, -0.25) is 9.78 Å². The molecule has 0 bridgehead atoms. The molecule has 4 nitrogen and oxygen atoms in total. The predicted octanol–water partition coefficient (Wildman–Crippen LogP) is 2.27. The van der Waals surface area contributed by atoms with Crippen molar-refractivity contribution in [3.63, 3.8) is 0 Å². The van der Waals surface area contributed by atoms with Crippen molar-refractivity contribution in [2.24, 2.45) is 0 Å². The van der Waals surface area contributed by atoms with Gasteiger partial charge in [-0.1, -0.05) is 29.8 Å². The minimum atomic E-state index is -0.0296. The molecule has 0 unspecified atom stereocenters. The van der Waals surface area contributed by atoms with Gasteiger partial charge in [-0.15, -0.1) is 0 Å². The Morgan fingerprint density at radius 1 is 1.17 bits per heavy atom. The molecule has 0 aliphatic rings. The molecule has 2 aromatic heterocycles. The Balaban J connectivity index is 2.09. The minimum absolute atomic E-state index is 0.0296. The molecule has 0 amide bonds. The van der Waals surface area contributed by atoms with Crippen LogP contribution < -0.4 is 0 Å². The molecule has 18 heavy (non-hydrogen) atoms. The maximum atomic E-state index is 12.4. The number of ketones is 1. The maximum absolute atomic E-state index is 12.4. The second-order valence-electron chi connectivity index (χ2n) is 4.16. The Kier molecular flexibility index (Phi) is 2.41. The number of fused-ring (bicyclic) bond motifs is 1. The van der Waals surface area contributed by atoms with E-state index in [2.05, 4.69) is 10.1 Å². The third kappa shape index (κ3) is 1.68. The highest BCUT2D eigenvalue weighted by molar-refractivity contribution is 6.12. The van der Waals surface area contributed by atoms with Crippen LogP contribution in [0, 0.1) is 6.92 Å². The Hall–Kier alpha value is -2.49. The number of nitrogens with zero attached hydrogens (tertiary/aromatic N) is 3. The summed E-state index contributed by atoms with van der Waals surface area (Å²) in [5, 5.41) is 4.14. The summed E-state index contributed by atoms with van der Waals surface area (Å²) in [6.45, 7) is 1.99. The summed E-state index contributed by atoms with van der Waals surface area (Å²) >= 11 is 0. The van der Waals surface area contributed by atoms with E-state index in [4.69, 9.17) is 0 Å². The Morgan fingerprint density at radius 3 is 2.72 bits per heavy atom. The van der Waals surface area contributed by atoms with Crippen LogP contribution in [0.25, 0.3) is 5.52 Å². The molecule has 0 aliphatic heterocycles. The number of benzene rings is 1. The van der Waals surface area contributed by atoms with E-state index in [1.165, 1.54) is 0 Å². The van der Waals surface area contributed by atoms with Gasteiger partial charge in [-0.05, 0) is 6.92 Å². The molecule has 0 saturated carbocycles. The SMILES string of the molecule is Cc1ccc(C(=O)c2cnn3ccncc23)cc1. The highest BCUT2D eigenvalue weighted by atomic mass is 16.1. The minimum Gasteiger partial charge on any atom is -0.288 e. The van der Waals surface area contributed by atoms with Gasteiger partial charge in [-0.25, -0.2) is 4.52 Å². The summed E-state index contributed by atoms with van der Waals surface area (Å²) < 4.78 is 1.65. The van der Waals surface area contributed by atoms with Gasteiger partial charge in [0.2, 0.25) is 0 Å². The van der Waals surface area contributed by atoms with Crippen LogP contribution in [0.4, 0.5) is 0 Å². The normalized spacial score (nSPS) is 10.7. The highest BCUT2D eigenvalue weighted by Gasteiger charge is 2.14. The van der Waals surface area contributed by atoms with Crippen molar-refractivity contribution in [2.75, 3.05) is 0 Å². The van der Waals surface area contributed by atoms with Crippen LogP contribution in [0.1, 0.15) is 21.5 Å².